The summed E-state index contributed by atoms with van der Waals surface area (Å²) in [5, 5.41) is 2.83. The number of likely N-dealkylation sites (tertiary alicyclic amines) is 2. The smallest absolute Gasteiger partial charge is 0.237 e. The minimum Gasteiger partial charge on any atom is -0.358 e. The third-order valence-electron chi connectivity index (χ3n) is 5.05. The number of pyridine rings is 1. The molecule has 3 atom stereocenters. The van der Waals surface area contributed by atoms with Crippen LogP contribution in [0.15, 0.2) is 24.5 Å². The number of carbonyl (C=O) groups is 1. The Kier molecular flexibility index (Phi) is 4.45. The molecule has 0 aromatic carbocycles. The Hall–Kier alpha value is -1.46. The van der Waals surface area contributed by atoms with Gasteiger partial charge in [-0.3, -0.25) is 19.6 Å². The lowest BCUT2D eigenvalue weighted by Gasteiger charge is -2.33. The van der Waals surface area contributed by atoms with Gasteiger partial charge in [0.2, 0.25) is 5.91 Å². The van der Waals surface area contributed by atoms with Crippen LogP contribution in [0.4, 0.5) is 0 Å². The molecule has 120 valence electrons. The molecular formula is C17H26N4O. The van der Waals surface area contributed by atoms with E-state index in [9.17, 15) is 4.79 Å². The van der Waals surface area contributed by atoms with Gasteiger partial charge in [0.05, 0.1) is 6.04 Å². The molecule has 2 fully saturated rings. The van der Waals surface area contributed by atoms with E-state index in [-0.39, 0.29) is 11.9 Å². The number of nitrogens with zero attached hydrogens (tertiary/aromatic N) is 3. The number of hydrogen-bond donors (Lipinski definition) is 1. The van der Waals surface area contributed by atoms with E-state index in [1.807, 2.05) is 12.4 Å². The third-order valence-corrected chi connectivity index (χ3v) is 5.05. The van der Waals surface area contributed by atoms with E-state index in [0.29, 0.717) is 18.0 Å². The van der Waals surface area contributed by atoms with E-state index in [2.05, 4.69) is 46.1 Å². The van der Waals surface area contributed by atoms with Crippen LogP contribution in [0.25, 0.3) is 0 Å². The van der Waals surface area contributed by atoms with Gasteiger partial charge in [0.25, 0.3) is 0 Å². The maximum Gasteiger partial charge on any atom is 0.237 e. The molecule has 3 rings (SSSR count). The van der Waals surface area contributed by atoms with Gasteiger partial charge in [-0.2, -0.15) is 0 Å². The molecule has 0 unspecified atom stereocenters. The Morgan fingerprint density at radius 1 is 1.36 bits per heavy atom. The first kappa shape index (κ1) is 15.4. The average Bonchev–Trinajstić information content (AvgIpc) is 3.03. The molecule has 1 aromatic rings. The van der Waals surface area contributed by atoms with Crippen LogP contribution >= 0.6 is 0 Å². The molecule has 0 saturated carbocycles. The summed E-state index contributed by atoms with van der Waals surface area (Å²) in [6, 6.07) is 5.12. The molecule has 0 radical (unpaired) electrons. The molecule has 2 aliphatic rings. The molecule has 0 aliphatic carbocycles. The lowest BCUT2D eigenvalue weighted by Crippen LogP contribution is -2.50. The lowest BCUT2D eigenvalue weighted by atomic mass is 10.0. The highest BCUT2D eigenvalue weighted by Gasteiger charge is 2.49. The summed E-state index contributed by atoms with van der Waals surface area (Å²) < 4.78 is 0. The number of amides is 1. The van der Waals surface area contributed by atoms with Gasteiger partial charge < -0.3 is 5.32 Å². The average molecular weight is 302 g/mol. The van der Waals surface area contributed by atoms with Crippen molar-refractivity contribution in [1.82, 2.24) is 20.1 Å². The quantitative estimate of drug-likeness (QED) is 0.905. The predicted molar refractivity (Wildman–Crippen MR) is 86.2 cm³/mol. The Balaban J connectivity index is 1.68. The monoisotopic (exact) mass is 302 g/mol. The highest BCUT2D eigenvalue weighted by Crippen LogP contribution is 2.37. The number of fused-ring (bicyclic) bond motifs is 1. The fraction of sp³-hybridized carbons (Fsp3) is 0.647. The van der Waals surface area contributed by atoms with Crippen molar-refractivity contribution in [3.8, 4) is 0 Å². The zero-order valence-corrected chi connectivity index (χ0v) is 13.7. The van der Waals surface area contributed by atoms with Crippen LogP contribution in [-0.4, -0.2) is 59.0 Å². The molecule has 2 aliphatic heterocycles. The predicted octanol–water partition coefficient (Wildman–Crippen LogP) is 1.11. The normalized spacial score (nSPS) is 29.0. The van der Waals surface area contributed by atoms with Gasteiger partial charge in [0, 0.05) is 51.2 Å². The van der Waals surface area contributed by atoms with Crippen LogP contribution in [0.1, 0.15) is 25.8 Å². The Morgan fingerprint density at radius 3 is 2.73 bits per heavy atom. The summed E-state index contributed by atoms with van der Waals surface area (Å²) in [5.41, 5.74) is 1.31. The molecule has 0 bridgehead atoms. The van der Waals surface area contributed by atoms with Gasteiger partial charge in [0.15, 0.2) is 0 Å². The van der Waals surface area contributed by atoms with Crippen LogP contribution in [-0.2, 0) is 11.3 Å². The van der Waals surface area contributed by atoms with Crippen LogP contribution < -0.4 is 5.32 Å². The Bertz CT molecular complexity index is 519. The molecule has 1 amide bonds. The summed E-state index contributed by atoms with van der Waals surface area (Å²) in [7, 11) is 1.74. The standard InChI is InChI=1S/C17H26N4O/c1-12(2)21-15(17(22)18-3)8-14-10-20(11-16(14)21)9-13-4-6-19-7-5-13/h4-7,12,14-16H,8-11H2,1-3H3,(H,18,22)/t14-,15-,16+/m0/s1. The summed E-state index contributed by atoms with van der Waals surface area (Å²) in [4.78, 5) is 21.2. The third kappa shape index (κ3) is 2.88. The van der Waals surface area contributed by atoms with Crippen molar-refractivity contribution in [3.63, 3.8) is 0 Å². The minimum absolute atomic E-state index is 0.0445. The largest absolute Gasteiger partial charge is 0.358 e. The van der Waals surface area contributed by atoms with Crippen molar-refractivity contribution in [2.24, 2.45) is 5.92 Å². The second-order valence-corrected chi connectivity index (χ2v) is 6.78. The van der Waals surface area contributed by atoms with Crippen LogP contribution in [0.3, 0.4) is 0 Å². The molecule has 1 N–H and O–H groups in total. The summed E-state index contributed by atoms with van der Waals surface area (Å²) in [5.74, 6) is 0.773. The molecule has 5 heteroatoms. The number of rotatable bonds is 4. The van der Waals surface area contributed by atoms with Crippen LogP contribution in [0.5, 0.6) is 0 Å². The zero-order valence-electron chi connectivity index (χ0n) is 13.7. The number of nitrogens with one attached hydrogen (secondary N) is 1. The highest BCUT2D eigenvalue weighted by molar-refractivity contribution is 5.82. The number of aromatic nitrogens is 1. The topological polar surface area (TPSA) is 48.5 Å². The molecule has 0 spiro atoms. The summed E-state index contributed by atoms with van der Waals surface area (Å²) in [6.07, 6.45) is 4.69. The van der Waals surface area contributed by atoms with Crippen molar-refractivity contribution < 1.29 is 4.79 Å². The minimum atomic E-state index is 0.0445. The number of likely N-dealkylation sites (N-methyl/N-ethyl adjacent to an activating group) is 1. The first-order valence-electron chi connectivity index (χ1n) is 8.20. The highest BCUT2D eigenvalue weighted by atomic mass is 16.2. The Morgan fingerprint density at radius 2 is 2.09 bits per heavy atom. The van der Waals surface area contributed by atoms with Crippen molar-refractivity contribution in [2.45, 2.75) is 44.9 Å². The molecule has 3 heterocycles. The van der Waals surface area contributed by atoms with E-state index >= 15 is 0 Å². The second kappa shape index (κ2) is 6.34. The summed E-state index contributed by atoms with van der Waals surface area (Å²) in [6.45, 7) is 7.52. The van der Waals surface area contributed by atoms with Crippen LogP contribution in [0, 0.1) is 5.92 Å². The molecular weight excluding hydrogens is 276 g/mol. The fourth-order valence-corrected chi connectivity index (χ4v) is 4.18. The maximum absolute atomic E-state index is 12.2. The molecule has 22 heavy (non-hydrogen) atoms. The zero-order chi connectivity index (χ0) is 15.7. The fourth-order valence-electron chi connectivity index (χ4n) is 4.18. The molecule has 1 aromatic heterocycles. The number of carbonyl (C=O) groups excluding carboxylic acids is 1. The molecule has 2 saturated heterocycles. The van der Waals surface area contributed by atoms with Gasteiger partial charge in [-0.05, 0) is 43.9 Å². The van der Waals surface area contributed by atoms with E-state index in [0.717, 1.165) is 26.1 Å². The Labute approximate surface area is 132 Å². The number of hydrogen-bond acceptors (Lipinski definition) is 4. The van der Waals surface area contributed by atoms with Gasteiger partial charge in [-0.1, -0.05) is 0 Å². The molecule has 5 nitrogen and oxygen atoms in total. The second-order valence-electron chi connectivity index (χ2n) is 6.78. The maximum atomic E-state index is 12.2. The lowest BCUT2D eigenvalue weighted by molar-refractivity contribution is -0.126. The van der Waals surface area contributed by atoms with E-state index in [1.165, 1.54) is 5.56 Å². The first-order chi connectivity index (χ1) is 10.6. The van der Waals surface area contributed by atoms with Crippen LogP contribution in [0.2, 0.25) is 0 Å². The van der Waals surface area contributed by atoms with Gasteiger partial charge in [-0.15, -0.1) is 0 Å². The van der Waals surface area contributed by atoms with Gasteiger partial charge in [-0.25, -0.2) is 0 Å². The van der Waals surface area contributed by atoms with Crippen molar-refractivity contribution in [1.29, 1.82) is 0 Å². The SMILES string of the molecule is CNC(=O)[C@@H]1C[C@H]2CN(Cc3ccncc3)C[C@H]2N1C(C)C. The van der Waals surface area contributed by atoms with Crippen molar-refractivity contribution in [2.75, 3.05) is 20.1 Å². The van der Waals surface area contributed by atoms with E-state index in [4.69, 9.17) is 0 Å². The van der Waals surface area contributed by atoms with Gasteiger partial charge in [0.1, 0.15) is 0 Å². The van der Waals surface area contributed by atoms with Crippen molar-refractivity contribution in [3.05, 3.63) is 30.1 Å². The summed E-state index contributed by atoms with van der Waals surface area (Å²) >= 11 is 0. The van der Waals surface area contributed by atoms with Crippen molar-refractivity contribution >= 4 is 5.91 Å². The van der Waals surface area contributed by atoms with Gasteiger partial charge >= 0.3 is 0 Å². The van der Waals surface area contributed by atoms with E-state index < -0.39 is 0 Å². The first-order valence-corrected chi connectivity index (χ1v) is 8.20. The van der Waals surface area contributed by atoms with E-state index in [1.54, 1.807) is 7.05 Å².